The van der Waals surface area contributed by atoms with E-state index < -0.39 is 11.9 Å². The van der Waals surface area contributed by atoms with Crippen molar-refractivity contribution in [1.29, 1.82) is 0 Å². The summed E-state index contributed by atoms with van der Waals surface area (Å²) in [7, 11) is 1.61. The van der Waals surface area contributed by atoms with Crippen molar-refractivity contribution in [2.75, 3.05) is 20.3 Å². The van der Waals surface area contributed by atoms with Gasteiger partial charge in [0.1, 0.15) is 17.2 Å². The molecule has 7 heteroatoms. The van der Waals surface area contributed by atoms with Crippen molar-refractivity contribution >= 4 is 23.5 Å². The number of unbranched alkanes of at least 4 members (excludes halogenated alkanes) is 3. The molecule has 0 saturated carbocycles. The molecule has 3 aromatic rings. The van der Waals surface area contributed by atoms with Crippen LogP contribution in [0.15, 0.2) is 79.4 Å². The van der Waals surface area contributed by atoms with Gasteiger partial charge in [-0.15, -0.1) is 0 Å². The van der Waals surface area contributed by atoms with Crippen molar-refractivity contribution in [3.05, 3.63) is 101 Å². The van der Waals surface area contributed by atoms with Crippen LogP contribution in [0.3, 0.4) is 0 Å². The minimum absolute atomic E-state index is 0.328. The Morgan fingerprint density at radius 2 is 1.50 bits per heavy atom. The summed E-state index contributed by atoms with van der Waals surface area (Å²) in [6, 6.07) is 19.1. The second-order valence-corrected chi connectivity index (χ2v) is 8.58. The molecule has 0 bridgehead atoms. The molecule has 0 fully saturated rings. The Labute approximate surface area is 228 Å². The molecule has 3 aromatic carbocycles. The summed E-state index contributed by atoms with van der Waals surface area (Å²) in [5.41, 5.74) is 1.85. The van der Waals surface area contributed by atoms with Crippen LogP contribution in [0.25, 0.3) is 0 Å². The first kappa shape index (κ1) is 28.4. The Morgan fingerprint density at radius 1 is 0.842 bits per heavy atom. The molecule has 0 amide bonds. The maximum atomic E-state index is 12.6. The van der Waals surface area contributed by atoms with Gasteiger partial charge in [0, 0.05) is 23.3 Å². The summed E-state index contributed by atoms with van der Waals surface area (Å²) in [6.07, 6.45) is 4.75. The smallest absolute Gasteiger partial charge is 0.343 e. The van der Waals surface area contributed by atoms with Crippen molar-refractivity contribution in [3.63, 3.8) is 0 Å². The normalized spacial score (nSPS) is 10.1. The minimum Gasteiger partial charge on any atom is -0.497 e. The summed E-state index contributed by atoms with van der Waals surface area (Å²) in [5, 5.41) is 0.387. The van der Waals surface area contributed by atoms with Gasteiger partial charge < -0.3 is 18.9 Å². The predicted octanol–water partition coefficient (Wildman–Crippen LogP) is 6.64. The molecule has 0 spiro atoms. The fourth-order valence-electron chi connectivity index (χ4n) is 3.31. The maximum Gasteiger partial charge on any atom is 0.343 e. The van der Waals surface area contributed by atoms with Crippen molar-refractivity contribution in [2.45, 2.75) is 25.7 Å². The molecule has 0 saturated heterocycles. The van der Waals surface area contributed by atoms with Gasteiger partial charge in [-0.25, -0.2) is 9.59 Å². The highest BCUT2D eigenvalue weighted by Gasteiger charge is 2.10. The third-order valence-corrected chi connectivity index (χ3v) is 5.70. The molecular weight excluding hydrogens is 504 g/mol. The number of carbonyl (C=O) groups excluding carboxylic acids is 2. The number of rotatable bonds is 12. The molecule has 0 unspecified atom stereocenters. The Balaban J connectivity index is 1.43. The van der Waals surface area contributed by atoms with Crippen LogP contribution in [0.2, 0.25) is 5.02 Å². The standard InChI is InChI=1S/C31H29ClO6/c1-3-30(33)37-21-7-5-4-6-20-36-27-17-13-25(14-18-27)31(34)38-28-19-12-24(29(32)22-28)11-8-23-9-15-26(35-2)16-10-23/h3,9-10,12-19,22H,1,4-7,20-21H2,2H3. The van der Waals surface area contributed by atoms with Crippen molar-refractivity contribution in [1.82, 2.24) is 0 Å². The molecule has 3 rings (SSSR count). The van der Waals surface area contributed by atoms with Gasteiger partial charge in [0.05, 0.1) is 30.9 Å². The van der Waals surface area contributed by atoms with E-state index in [1.807, 2.05) is 24.3 Å². The molecule has 196 valence electrons. The highest BCUT2D eigenvalue weighted by Crippen LogP contribution is 2.23. The van der Waals surface area contributed by atoms with Gasteiger partial charge in [-0.05, 0) is 86.3 Å². The summed E-state index contributed by atoms with van der Waals surface area (Å²) in [4.78, 5) is 23.5. The van der Waals surface area contributed by atoms with Crippen LogP contribution in [0, 0.1) is 11.8 Å². The van der Waals surface area contributed by atoms with E-state index in [1.165, 1.54) is 0 Å². The Hall–Kier alpha value is -4.21. The van der Waals surface area contributed by atoms with E-state index in [2.05, 4.69) is 18.4 Å². The van der Waals surface area contributed by atoms with Crippen LogP contribution in [0.4, 0.5) is 0 Å². The Kier molecular flexibility index (Phi) is 11.3. The second-order valence-electron chi connectivity index (χ2n) is 8.17. The topological polar surface area (TPSA) is 71.1 Å². The summed E-state index contributed by atoms with van der Waals surface area (Å²) in [5.74, 6) is 6.94. The number of hydrogen-bond donors (Lipinski definition) is 0. The first-order valence-electron chi connectivity index (χ1n) is 12.2. The molecule has 0 heterocycles. The number of esters is 2. The summed E-state index contributed by atoms with van der Waals surface area (Å²) >= 11 is 6.35. The van der Waals surface area contributed by atoms with Gasteiger partial charge in [0.25, 0.3) is 0 Å². The lowest BCUT2D eigenvalue weighted by Crippen LogP contribution is -2.08. The van der Waals surface area contributed by atoms with Crippen LogP contribution in [-0.4, -0.2) is 32.3 Å². The average Bonchev–Trinajstić information content (AvgIpc) is 2.94. The third-order valence-electron chi connectivity index (χ3n) is 5.39. The number of carbonyl (C=O) groups is 2. The number of ether oxygens (including phenoxy) is 4. The van der Waals surface area contributed by atoms with Crippen molar-refractivity contribution in [2.24, 2.45) is 0 Å². The molecule has 6 nitrogen and oxygen atoms in total. The molecule has 0 N–H and O–H groups in total. The third kappa shape index (κ3) is 9.34. The lowest BCUT2D eigenvalue weighted by Gasteiger charge is -2.08. The first-order valence-corrected chi connectivity index (χ1v) is 12.6. The van der Waals surface area contributed by atoms with Gasteiger partial charge in [-0.2, -0.15) is 0 Å². The zero-order valence-corrected chi connectivity index (χ0v) is 22.0. The number of methoxy groups -OCH3 is 1. The Morgan fingerprint density at radius 3 is 2.16 bits per heavy atom. The lowest BCUT2D eigenvalue weighted by atomic mass is 10.1. The van der Waals surface area contributed by atoms with Crippen LogP contribution >= 0.6 is 11.6 Å². The van der Waals surface area contributed by atoms with Gasteiger partial charge in [0.15, 0.2) is 0 Å². The fourth-order valence-corrected chi connectivity index (χ4v) is 3.52. The van der Waals surface area contributed by atoms with Crippen LogP contribution < -0.4 is 14.2 Å². The van der Waals surface area contributed by atoms with Gasteiger partial charge in [-0.3, -0.25) is 0 Å². The zero-order chi connectivity index (χ0) is 27.2. The van der Waals surface area contributed by atoms with E-state index in [9.17, 15) is 9.59 Å². The number of halogens is 1. The van der Waals surface area contributed by atoms with E-state index in [0.717, 1.165) is 43.1 Å². The SMILES string of the molecule is C=CC(=O)OCCCCCCOc1ccc(C(=O)Oc2ccc(C#Cc3ccc(OC)cc3)c(Cl)c2)cc1. The Bertz CT molecular complexity index is 1290. The molecular formula is C31H29ClO6. The van der Waals surface area contributed by atoms with Gasteiger partial charge >= 0.3 is 11.9 Å². The van der Waals surface area contributed by atoms with Crippen LogP contribution in [-0.2, 0) is 9.53 Å². The quantitative estimate of drug-likeness (QED) is 0.0856. The maximum absolute atomic E-state index is 12.6. The fraction of sp³-hybridized carbons (Fsp3) is 0.226. The molecule has 0 aliphatic carbocycles. The van der Waals surface area contributed by atoms with Gasteiger partial charge in [-0.1, -0.05) is 30.0 Å². The van der Waals surface area contributed by atoms with E-state index in [1.54, 1.807) is 49.6 Å². The summed E-state index contributed by atoms with van der Waals surface area (Å²) in [6.45, 7) is 4.32. The van der Waals surface area contributed by atoms with E-state index in [4.69, 9.17) is 30.5 Å². The second kappa shape index (κ2) is 15.1. The molecule has 0 atom stereocenters. The van der Waals surface area contributed by atoms with Crippen molar-refractivity contribution in [3.8, 4) is 29.1 Å². The zero-order valence-electron chi connectivity index (χ0n) is 21.2. The lowest BCUT2D eigenvalue weighted by molar-refractivity contribution is -0.137. The predicted molar refractivity (Wildman–Crippen MR) is 147 cm³/mol. The number of benzene rings is 3. The molecule has 38 heavy (non-hydrogen) atoms. The highest BCUT2D eigenvalue weighted by molar-refractivity contribution is 6.31. The monoisotopic (exact) mass is 532 g/mol. The van der Waals surface area contributed by atoms with Crippen molar-refractivity contribution < 1.29 is 28.5 Å². The first-order chi connectivity index (χ1) is 18.5. The van der Waals surface area contributed by atoms with Gasteiger partial charge in [0.2, 0.25) is 0 Å². The van der Waals surface area contributed by atoms with E-state index in [-0.39, 0.29) is 0 Å². The molecule has 0 aliphatic heterocycles. The molecule has 0 aromatic heterocycles. The average molecular weight is 533 g/mol. The molecule has 0 aliphatic rings. The highest BCUT2D eigenvalue weighted by atomic mass is 35.5. The minimum atomic E-state index is -0.498. The van der Waals surface area contributed by atoms with Crippen LogP contribution in [0.1, 0.15) is 47.2 Å². The van der Waals surface area contributed by atoms with Crippen LogP contribution in [0.5, 0.6) is 17.2 Å². The molecule has 0 radical (unpaired) electrons. The van der Waals surface area contributed by atoms with E-state index >= 15 is 0 Å². The number of hydrogen-bond acceptors (Lipinski definition) is 6. The largest absolute Gasteiger partial charge is 0.497 e. The van der Waals surface area contributed by atoms with E-state index in [0.29, 0.717) is 40.9 Å². The summed E-state index contributed by atoms with van der Waals surface area (Å²) < 4.78 is 21.3.